The molecule has 0 saturated carbocycles. The third-order valence-corrected chi connectivity index (χ3v) is 4.75. The van der Waals surface area contributed by atoms with Crippen LogP contribution in [-0.2, 0) is 16.0 Å². The molecule has 2 amide bonds. The predicted octanol–water partition coefficient (Wildman–Crippen LogP) is 2.04. The Balaban J connectivity index is 1.94. The number of carbonyl (C=O) groups is 2. The SMILES string of the molecule is CCC1(C(N)=O)CCN(C(=O)Cc2ccc(C)cc2)CC1. The van der Waals surface area contributed by atoms with Gasteiger partial charge in [-0.1, -0.05) is 36.8 Å². The smallest absolute Gasteiger partial charge is 0.226 e. The first-order valence-corrected chi connectivity index (χ1v) is 7.60. The van der Waals surface area contributed by atoms with Crippen LogP contribution in [0.3, 0.4) is 0 Å². The van der Waals surface area contributed by atoms with Crippen LogP contribution in [0.4, 0.5) is 0 Å². The molecule has 114 valence electrons. The van der Waals surface area contributed by atoms with Gasteiger partial charge in [-0.05, 0) is 31.7 Å². The number of nitrogens with zero attached hydrogens (tertiary/aromatic N) is 1. The number of benzene rings is 1. The Morgan fingerprint density at radius 3 is 2.24 bits per heavy atom. The number of hydrogen-bond acceptors (Lipinski definition) is 2. The van der Waals surface area contributed by atoms with Gasteiger partial charge in [0, 0.05) is 13.1 Å². The van der Waals surface area contributed by atoms with Crippen LogP contribution in [0.25, 0.3) is 0 Å². The summed E-state index contributed by atoms with van der Waals surface area (Å²) in [5.74, 6) is -0.0938. The first-order valence-electron chi connectivity index (χ1n) is 7.60. The highest BCUT2D eigenvalue weighted by atomic mass is 16.2. The molecule has 1 heterocycles. The second-order valence-electron chi connectivity index (χ2n) is 6.04. The molecule has 4 heteroatoms. The molecule has 4 nitrogen and oxygen atoms in total. The lowest BCUT2D eigenvalue weighted by Crippen LogP contribution is -2.48. The van der Waals surface area contributed by atoms with Gasteiger partial charge in [-0.25, -0.2) is 0 Å². The summed E-state index contributed by atoms with van der Waals surface area (Å²) in [5, 5.41) is 0. The van der Waals surface area contributed by atoms with Gasteiger partial charge in [-0.3, -0.25) is 9.59 Å². The Bertz CT molecular complexity index is 514. The first kappa shape index (κ1) is 15.5. The van der Waals surface area contributed by atoms with Crippen LogP contribution >= 0.6 is 0 Å². The minimum Gasteiger partial charge on any atom is -0.369 e. The second-order valence-corrected chi connectivity index (χ2v) is 6.04. The Hall–Kier alpha value is -1.84. The van der Waals surface area contributed by atoms with Crippen molar-refractivity contribution in [2.24, 2.45) is 11.1 Å². The van der Waals surface area contributed by atoms with Crippen LogP contribution in [0.1, 0.15) is 37.3 Å². The largest absolute Gasteiger partial charge is 0.369 e. The number of carbonyl (C=O) groups excluding carboxylic acids is 2. The molecule has 0 aliphatic carbocycles. The molecule has 1 saturated heterocycles. The number of hydrogen-bond donors (Lipinski definition) is 1. The molecule has 2 N–H and O–H groups in total. The van der Waals surface area contributed by atoms with Crippen molar-refractivity contribution >= 4 is 11.8 Å². The fourth-order valence-corrected chi connectivity index (χ4v) is 2.95. The first-order chi connectivity index (χ1) is 9.97. The van der Waals surface area contributed by atoms with E-state index in [9.17, 15) is 9.59 Å². The van der Waals surface area contributed by atoms with Gasteiger partial charge in [0.15, 0.2) is 0 Å². The minimum absolute atomic E-state index is 0.132. The molecule has 1 aromatic rings. The summed E-state index contributed by atoms with van der Waals surface area (Å²) in [5.41, 5.74) is 7.34. The zero-order valence-electron chi connectivity index (χ0n) is 12.9. The van der Waals surface area contributed by atoms with Gasteiger partial charge in [0.25, 0.3) is 0 Å². The number of rotatable bonds is 4. The summed E-state index contributed by atoms with van der Waals surface area (Å²) in [6.45, 7) is 5.28. The van der Waals surface area contributed by atoms with Crippen molar-refractivity contribution < 1.29 is 9.59 Å². The molecular weight excluding hydrogens is 264 g/mol. The Morgan fingerprint density at radius 1 is 1.19 bits per heavy atom. The van der Waals surface area contributed by atoms with Crippen LogP contribution in [0.5, 0.6) is 0 Å². The van der Waals surface area contributed by atoms with E-state index in [1.165, 1.54) is 5.56 Å². The van der Waals surface area contributed by atoms with E-state index in [-0.39, 0.29) is 11.8 Å². The van der Waals surface area contributed by atoms with Gasteiger partial charge in [-0.15, -0.1) is 0 Å². The Morgan fingerprint density at radius 2 is 1.76 bits per heavy atom. The van der Waals surface area contributed by atoms with Gasteiger partial charge < -0.3 is 10.6 Å². The molecule has 1 aliphatic rings. The van der Waals surface area contributed by atoms with Crippen molar-refractivity contribution in [3.63, 3.8) is 0 Å². The number of nitrogens with two attached hydrogens (primary N) is 1. The summed E-state index contributed by atoms with van der Waals surface area (Å²) >= 11 is 0. The maximum absolute atomic E-state index is 12.3. The fraction of sp³-hybridized carbons (Fsp3) is 0.529. The van der Waals surface area contributed by atoms with Crippen LogP contribution in [0.15, 0.2) is 24.3 Å². The standard InChI is InChI=1S/C17H24N2O2/c1-3-17(16(18)21)8-10-19(11-9-17)15(20)12-14-6-4-13(2)5-7-14/h4-7H,3,8-12H2,1-2H3,(H2,18,21). The molecule has 0 radical (unpaired) electrons. The van der Waals surface area contributed by atoms with Crippen molar-refractivity contribution in [2.75, 3.05) is 13.1 Å². The van der Waals surface area contributed by atoms with Crippen LogP contribution in [-0.4, -0.2) is 29.8 Å². The maximum Gasteiger partial charge on any atom is 0.226 e. The van der Waals surface area contributed by atoms with Crippen molar-refractivity contribution in [3.05, 3.63) is 35.4 Å². The average Bonchev–Trinajstić information content (AvgIpc) is 2.49. The van der Waals surface area contributed by atoms with Crippen LogP contribution in [0.2, 0.25) is 0 Å². The number of primary amides is 1. The minimum atomic E-state index is -0.416. The number of piperidine rings is 1. The number of aryl methyl sites for hydroxylation is 1. The Kier molecular flexibility index (Phi) is 4.66. The lowest BCUT2D eigenvalue weighted by Gasteiger charge is -2.39. The normalized spacial score (nSPS) is 17.5. The molecule has 0 atom stereocenters. The summed E-state index contributed by atoms with van der Waals surface area (Å²) in [4.78, 5) is 25.8. The maximum atomic E-state index is 12.3. The molecule has 2 rings (SSSR count). The summed E-state index contributed by atoms with van der Waals surface area (Å²) < 4.78 is 0. The molecule has 21 heavy (non-hydrogen) atoms. The van der Waals surface area contributed by atoms with Crippen molar-refractivity contribution in [1.29, 1.82) is 0 Å². The predicted molar refractivity (Wildman–Crippen MR) is 82.6 cm³/mol. The van der Waals surface area contributed by atoms with Crippen LogP contribution < -0.4 is 5.73 Å². The summed E-state index contributed by atoms with van der Waals surface area (Å²) in [6.07, 6.45) is 2.54. The lowest BCUT2D eigenvalue weighted by molar-refractivity contribution is -0.138. The Labute approximate surface area is 126 Å². The number of likely N-dealkylation sites (tertiary alicyclic amines) is 1. The molecule has 1 aliphatic heterocycles. The van der Waals surface area contributed by atoms with E-state index in [4.69, 9.17) is 5.73 Å². The van der Waals surface area contributed by atoms with Crippen molar-refractivity contribution in [3.8, 4) is 0 Å². The highest BCUT2D eigenvalue weighted by Crippen LogP contribution is 2.34. The highest BCUT2D eigenvalue weighted by molar-refractivity contribution is 5.82. The van der Waals surface area contributed by atoms with E-state index < -0.39 is 5.41 Å². The van der Waals surface area contributed by atoms with Crippen molar-refractivity contribution in [1.82, 2.24) is 4.90 Å². The van der Waals surface area contributed by atoms with Crippen LogP contribution in [0, 0.1) is 12.3 Å². The van der Waals surface area contributed by atoms with E-state index in [0.717, 1.165) is 12.0 Å². The molecule has 1 fully saturated rings. The zero-order chi connectivity index (χ0) is 15.5. The van der Waals surface area contributed by atoms with Gasteiger partial charge in [-0.2, -0.15) is 0 Å². The van der Waals surface area contributed by atoms with Gasteiger partial charge >= 0.3 is 0 Å². The number of amides is 2. The summed E-state index contributed by atoms with van der Waals surface area (Å²) in [6, 6.07) is 8.04. The van der Waals surface area contributed by atoms with E-state index in [0.29, 0.717) is 32.4 Å². The quantitative estimate of drug-likeness (QED) is 0.921. The monoisotopic (exact) mass is 288 g/mol. The van der Waals surface area contributed by atoms with Gasteiger partial charge in [0.1, 0.15) is 0 Å². The third-order valence-electron chi connectivity index (χ3n) is 4.75. The lowest BCUT2D eigenvalue weighted by atomic mass is 9.75. The fourth-order valence-electron chi connectivity index (χ4n) is 2.95. The summed E-state index contributed by atoms with van der Waals surface area (Å²) in [7, 11) is 0. The molecule has 0 spiro atoms. The van der Waals surface area contributed by atoms with Gasteiger partial charge in [0.2, 0.25) is 11.8 Å². The topological polar surface area (TPSA) is 63.4 Å². The highest BCUT2D eigenvalue weighted by Gasteiger charge is 2.39. The van der Waals surface area contributed by atoms with E-state index in [1.54, 1.807) is 0 Å². The van der Waals surface area contributed by atoms with E-state index in [2.05, 4.69) is 0 Å². The van der Waals surface area contributed by atoms with Crippen molar-refractivity contribution in [2.45, 2.75) is 39.5 Å². The second kappa shape index (κ2) is 6.29. The van der Waals surface area contributed by atoms with E-state index in [1.807, 2.05) is 43.0 Å². The van der Waals surface area contributed by atoms with Gasteiger partial charge in [0.05, 0.1) is 11.8 Å². The molecule has 1 aromatic carbocycles. The molecule has 0 aromatic heterocycles. The molecular formula is C17H24N2O2. The zero-order valence-corrected chi connectivity index (χ0v) is 12.9. The third kappa shape index (κ3) is 3.43. The molecule has 0 bridgehead atoms. The molecule has 0 unspecified atom stereocenters. The average molecular weight is 288 g/mol. The van der Waals surface area contributed by atoms with E-state index >= 15 is 0 Å².